The van der Waals surface area contributed by atoms with Gasteiger partial charge in [0.15, 0.2) is 0 Å². The van der Waals surface area contributed by atoms with Crippen LogP contribution in [0.1, 0.15) is 39.7 Å². The summed E-state index contributed by atoms with van der Waals surface area (Å²) in [6.45, 7) is 7.38. The van der Waals surface area contributed by atoms with E-state index in [4.69, 9.17) is 5.73 Å². The first-order chi connectivity index (χ1) is 14.1. The van der Waals surface area contributed by atoms with Crippen molar-refractivity contribution in [2.45, 2.75) is 58.7 Å². The molecule has 0 spiro atoms. The molecule has 0 radical (unpaired) electrons. The molecule has 0 unspecified atom stereocenters. The number of nitrogens with two attached hydrogens (primary N) is 1. The zero-order valence-electron chi connectivity index (χ0n) is 17.9. The van der Waals surface area contributed by atoms with Crippen LogP contribution in [0.3, 0.4) is 0 Å². The van der Waals surface area contributed by atoms with Gasteiger partial charge in [0.1, 0.15) is 12.1 Å². The number of amides is 2. The number of benzene rings is 1. The summed E-state index contributed by atoms with van der Waals surface area (Å²) in [5, 5.41) is 15.9. The van der Waals surface area contributed by atoms with E-state index in [1.54, 1.807) is 6.20 Å². The predicted octanol–water partition coefficient (Wildman–Crippen LogP) is 1.79. The molecule has 6 N–H and O–H groups in total. The molecule has 30 heavy (non-hydrogen) atoms. The lowest BCUT2D eigenvalue weighted by molar-refractivity contribution is -0.142. The van der Waals surface area contributed by atoms with Crippen molar-refractivity contribution in [2.75, 3.05) is 0 Å². The Hall–Kier alpha value is -2.87. The maximum atomic E-state index is 12.9. The number of carbonyl (C=O) groups excluding carboxylic acids is 2. The topological polar surface area (TPSA) is 137 Å². The van der Waals surface area contributed by atoms with Crippen LogP contribution in [0.15, 0.2) is 30.5 Å². The average molecular weight is 417 g/mol. The average Bonchev–Trinajstić information content (AvgIpc) is 3.12. The molecule has 2 aromatic rings. The summed E-state index contributed by atoms with van der Waals surface area (Å²) in [6.07, 6.45) is 2.51. The van der Waals surface area contributed by atoms with E-state index in [1.807, 2.05) is 52.0 Å². The van der Waals surface area contributed by atoms with E-state index in [9.17, 15) is 19.5 Å². The molecule has 4 atom stereocenters. The number of carboxylic acids is 1. The second-order valence-electron chi connectivity index (χ2n) is 8.10. The Morgan fingerprint density at radius 3 is 2.37 bits per heavy atom. The van der Waals surface area contributed by atoms with E-state index in [0.29, 0.717) is 6.42 Å². The minimum absolute atomic E-state index is 0.0840. The summed E-state index contributed by atoms with van der Waals surface area (Å²) in [7, 11) is 0. The van der Waals surface area contributed by atoms with E-state index in [2.05, 4.69) is 15.6 Å². The van der Waals surface area contributed by atoms with Crippen LogP contribution >= 0.6 is 0 Å². The van der Waals surface area contributed by atoms with Crippen LogP contribution in [0.2, 0.25) is 0 Å². The molecule has 0 aliphatic heterocycles. The molecular formula is C22H32N4O4. The van der Waals surface area contributed by atoms with Gasteiger partial charge in [-0.2, -0.15) is 0 Å². The van der Waals surface area contributed by atoms with Crippen molar-refractivity contribution in [1.29, 1.82) is 0 Å². The van der Waals surface area contributed by atoms with Gasteiger partial charge in [-0.3, -0.25) is 9.59 Å². The Morgan fingerprint density at radius 2 is 1.77 bits per heavy atom. The molecular weight excluding hydrogens is 384 g/mol. The van der Waals surface area contributed by atoms with Gasteiger partial charge < -0.3 is 26.5 Å². The maximum absolute atomic E-state index is 12.9. The minimum Gasteiger partial charge on any atom is -0.480 e. The summed E-state index contributed by atoms with van der Waals surface area (Å²) >= 11 is 0. The quantitative estimate of drug-likeness (QED) is 0.402. The van der Waals surface area contributed by atoms with E-state index < -0.39 is 35.9 Å². The zero-order valence-corrected chi connectivity index (χ0v) is 17.9. The first-order valence-electron chi connectivity index (χ1n) is 10.3. The summed E-state index contributed by atoms with van der Waals surface area (Å²) < 4.78 is 0. The van der Waals surface area contributed by atoms with Crippen molar-refractivity contribution in [2.24, 2.45) is 17.6 Å². The van der Waals surface area contributed by atoms with Gasteiger partial charge in [-0.1, -0.05) is 52.3 Å². The third-order valence-corrected chi connectivity index (χ3v) is 5.53. The van der Waals surface area contributed by atoms with Gasteiger partial charge >= 0.3 is 5.97 Å². The molecule has 0 aliphatic rings. The van der Waals surface area contributed by atoms with Crippen LogP contribution < -0.4 is 16.4 Å². The number of aromatic amines is 1. The second-order valence-corrected chi connectivity index (χ2v) is 8.10. The maximum Gasteiger partial charge on any atom is 0.326 e. The minimum atomic E-state index is -1.14. The number of aromatic nitrogens is 1. The van der Waals surface area contributed by atoms with Gasteiger partial charge in [0.05, 0.1) is 6.04 Å². The number of hydrogen-bond donors (Lipinski definition) is 5. The van der Waals surface area contributed by atoms with Crippen molar-refractivity contribution in [3.05, 3.63) is 36.0 Å². The van der Waals surface area contributed by atoms with Crippen LogP contribution in [0, 0.1) is 11.8 Å². The number of carbonyl (C=O) groups is 3. The third kappa shape index (κ3) is 5.60. The van der Waals surface area contributed by atoms with Gasteiger partial charge in [-0.15, -0.1) is 0 Å². The number of aliphatic carboxylic acids is 1. The Morgan fingerprint density at radius 1 is 1.10 bits per heavy atom. The fourth-order valence-electron chi connectivity index (χ4n) is 3.24. The number of fused-ring (bicyclic) bond motifs is 1. The summed E-state index contributed by atoms with van der Waals surface area (Å²) in [5.41, 5.74) is 7.60. The smallest absolute Gasteiger partial charge is 0.326 e. The predicted molar refractivity (Wildman–Crippen MR) is 116 cm³/mol. The highest BCUT2D eigenvalue weighted by Gasteiger charge is 2.31. The molecule has 1 heterocycles. The highest BCUT2D eigenvalue weighted by molar-refractivity contribution is 5.92. The molecule has 8 heteroatoms. The van der Waals surface area contributed by atoms with Gasteiger partial charge in [0, 0.05) is 23.5 Å². The summed E-state index contributed by atoms with van der Waals surface area (Å²) in [6, 6.07) is 4.83. The zero-order chi connectivity index (χ0) is 22.4. The summed E-state index contributed by atoms with van der Waals surface area (Å²) in [5.74, 6) is -2.35. The lowest BCUT2D eigenvalue weighted by Crippen LogP contribution is -2.57. The lowest BCUT2D eigenvalue weighted by Gasteiger charge is -2.27. The second kappa shape index (κ2) is 10.2. The van der Waals surface area contributed by atoms with Crippen LogP contribution in [-0.2, 0) is 20.8 Å². The molecule has 2 rings (SSSR count). The molecule has 0 aliphatic carbocycles. The fourth-order valence-corrected chi connectivity index (χ4v) is 3.24. The number of H-pyrrole nitrogens is 1. The molecule has 164 valence electrons. The molecule has 0 fully saturated rings. The van der Waals surface area contributed by atoms with Crippen molar-refractivity contribution < 1.29 is 19.5 Å². The summed E-state index contributed by atoms with van der Waals surface area (Å²) in [4.78, 5) is 40.3. The van der Waals surface area contributed by atoms with Crippen LogP contribution in [-0.4, -0.2) is 46.0 Å². The normalized spacial score (nSPS) is 15.4. The Kier molecular flexibility index (Phi) is 8.00. The van der Waals surface area contributed by atoms with E-state index in [0.717, 1.165) is 16.5 Å². The Bertz CT molecular complexity index is 892. The van der Waals surface area contributed by atoms with Crippen molar-refractivity contribution in [3.63, 3.8) is 0 Å². The highest BCUT2D eigenvalue weighted by Crippen LogP contribution is 2.19. The molecule has 0 saturated carbocycles. The monoisotopic (exact) mass is 416 g/mol. The first kappa shape index (κ1) is 23.4. The fraction of sp³-hybridized carbons (Fsp3) is 0.500. The molecule has 0 bridgehead atoms. The number of carboxylic acid groups (broad SMARTS) is 1. The van der Waals surface area contributed by atoms with Gasteiger partial charge in [0.25, 0.3) is 0 Å². The molecule has 2 amide bonds. The van der Waals surface area contributed by atoms with E-state index in [1.165, 1.54) is 0 Å². The number of hydrogen-bond acceptors (Lipinski definition) is 4. The standard InChI is InChI=1S/C22H32N4O4/c1-5-13(4)19(26-20(27)18(23)12(2)3)21(28)25-17(22(29)30)10-14-11-24-16-9-7-6-8-15(14)16/h6-9,11-13,17-19,24H,5,10,23H2,1-4H3,(H,25,28)(H,26,27)(H,29,30)/t13-,17-,18-,19-/m0/s1. The highest BCUT2D eigenvalue weighted by atomic mass is 16.4. The van der Waals surface area contributed by atoms with Crippen LogP contribution in [0.4, 0.5) is 0 Å². The SMILES string of the molecule is CC[C@H](C)[C@H](NC(=O)[C@@H](N)C(C)C)C(=O)N[C@@H](Cc1c[nH]c2ccccc12)C(=O)O. The largest absolute Gasteiger partial charge is 0.480 e. The number of rotatable bonds is 10. The molecule has 1 aromatic carbocycles. The third-order valence-electron chi connectivity index (χ3n) is 5.53. The van der Waals surface area contributed by atoms with Crippen LogP contribution in [0.5, 0.6) is 0 Å². The number of para-hydroxylation sites is 1. The van der Waals surface area contributed by atoms with Crippen molar-refractivity contribution in [1.82, 2.24) is 15.6 Å². The molecule has 0 saturated heterocycles. The first-order valence-corrected chi connectivity index (χ1v) is 10.3. The van der Waals surface area contributed by atoms with Crippen molar-refractivity contribution in [3.8, 4) is 0 Å². The Balaban J connectivity index is 2.17. The lowest BCUT2D eigenvalue weighted by atomic mass is 9.96. The van der Waals surface area contributed by atoms with Gasteiger partial charge in [-0.05, 0) is 23.5 Å². The van der Waals surface area contributed by atoms with Crippen molar-refractivity contribution >= 4 is 28.7 Å². The van der Waals surface area contributed by atoms with E-state index in [-0.39, 0.29) is 18.3 Å². The van der Waals surface area contributed by atoms with E-state index >= 15 is 0 Å². The van der Waals surface area contributed by atoms with Gasteiger partial charge in [0.2, 0.25) is 11.8 Å². The molecule has 1 aromatic heterocycles. The van der Waals surface area contributed by atoms with Crippen LogP contribution in [0.25, 0.3) is 10.9 Å². The Labute approximate surface area is 176 Å². The number of nitrogens with one attached hydrogen (secondary N) is 3. The molecule has 8 nitrogen and oxygen atoms in total. The van der Waals surface area contributed by atoms with Gasteiger partial charge in [-0.25, -0.2) is 4.79 Å².